The molecule has 2 saturated heterocycles. The Bertz CT molecular complexity index is 7200. The molecule has 654 valence electrons. The van der Waals surface area contributed by atoms with E-state index in [-0.39, 0.29) is 6.10 Å². The number of aryl methyl sites for hydroxylation is 14. The maximum absolute atomic E-state index is 7.67. The van der Waals surface area contributed by atoms with Crippen LogP contribution in [-0.4, -0.2) is 69.8 Å². The van der Waals surface area contributed by atoms with Crippen LogP contribution in [0.4, 0.5) is 0 Å². The zero-order chi connectivity index (χ0) is 90.3. The van der Waals surface area contributed by atoms with Crippen LogP contribution < -0.4 is 0 Å². The lowest BCUT2D eigenvalue weighted by molar-refractivity contribution is -0.227. The Kier molecular flexibility index (Phi) is 18.4. The summed E-state index contributed by atoms with van der Waals surface area (Å²) in [7, 11) is 11.6. The summed E-state index contributed by atoms with van der Waals surface area (Å²) in [6.45, 7) is 92.0. The molecule has 0 aliphatic carbocycles. The molecule has 0 spiro atoms. The fourth-order valence-electron chi connectivity index (χ4n) is 27.8. The maximum Gasteiger partial charge on any atom is 0.148 e. The minimum atomic E-state index is -0.516. The number of aromatic amines is 1. The van der Waals surface area contributed by atoms with Crippen LogP contribution in [0.5, 0.6) is 0 Å². The summed E-state index contributed by atoms with van der Waals surface area (Å²) in [4.78, 5) is 11.9. The fraction of sp³-hybridized carbons (Fsp3) is 0.522. The molecule has 0 saturated carbocycles. The first-order chi connectivity index (χ1) is 57.9. The summed E-state index contributed by atoms with van der Waals surface area (Å²) in [6.07, 6.45) is 0.161. The number of hydrogen-bond donors (Lipinski definition) is 1. The molecule has 2 bridgehead atoms. The van der Waals surface area contributed by atoms with Crippen LogP contribution in [-0.2, 0) is 40.7 Å². The molecule has 1 N–H and O–H groups in total. The molecule has 0 amide bonds. The molecule has 15 unspecified atom stereocenters. The van der Waals surface area contributed by atoms with Crippen molar-refractivity contribution in [3.63, 3.8) is 0 Å². The van der Waals surface area contributed by atoms with E-state index in [0.29, 0.717) is 65.8 Å². The number of aromatic nitrogens is 6. The van der Waals surface area contributed by atoms with Gasteiger partial charge in [0.25, 0.3) is 0 Å². The first-order valence-corrected chi connectivity index (χ1v) is 47.4. The summed E-state index contributed by atoms with van der Waals surface area (Å²) >= 11 is 0. The Labute approximate surface area is 739 Å². The highest BCUT2D eigenvalue weighted by Gasteiger charge is 2.61. The smallest absolute Gasteiger partial charge is 0.148 e. The number of benzene rings is 9. The van der Waals surface area contributed by atoms with Crippen molar-refractivity contribution in [3.05, 3.63) is 167 Å². The largest absolute Gasteiger partial charge is 0.353 e. The zero-order valence-electron chi connectivity index (χ0n) is 84.3. The summed E-state index contributed by atoms with van der Waals surface area (Å²) < 4.78 is 28.2. The van der Waals surface area contributed by atoms with Crippen molar-refractivity contribution in [2.24, 2.45) is 43.7 Å². The zero-order valence-corrected chi connectivity index (χ0v) is 84.3. The van der Waals surface area contributed by atoms with Crippen molar-refractivity contribution in [1.29, 1.82) is 0 Å². The van der Waals surface area contributed by atoms with Crippen molar-refractivity contribution in [2.75, 3.05) is 21.1 Å². The molecule has 6 aromatic heterocycles. The van der Waals surface area contributed by atoms with Crippen molar-refractivity contribution >= 4 is 131 Å². The van der Waals surface area contributed by atoms with E-state index in [1.165, 1.54) is 287 Å². The standard InChI is InChI=1S/C41H55N3O.C39H49N3O.C33H41N3/c1-17-19(3)25(9)37-31(23(17)7)35-33-28(12)43(16)29(13)34(33)36-32-24(8)18(2)20(4)26(10)39(32)44(40(36)38(35)42-37)41(15)27(11)21(5)22(6)30(14)45-41;1-16-18(3)22(7)34-28(20(16)5)32-30-26(11)40(15)27(12)31(30)33-29-21(6)17(2)19(4)23(8)35(29)42-37(33)36(32)41(34)38(13)24(9)25(10)39(42,14)43-38;1-14-16(3)20(7)30-24(18(14)5)28-26-22(9)34(11)23(10)27(26)29-25-19(6)15(2)17(4)21(8)31(25)36(13)33(29)32(28)35(30)12/h21-22,27-30,42H,1-16H3;24-27H,1-15H3;22-23H,1-13H3. The van der Waals surface area contributed by atoms with Crippen LogP contribution in [0.1, 0.15) is 307 Å². The maximum atomic E-state index is 7.67. The topological polar surface area (TPSA) is 68.6 Å². The van der Waals surface area contributed by atoms with Gasteiger partial charge in [-0.25, -0.2) is 0 Å². The van der Waals surface area contributed by atoms with E-state index in [2.05, 4.69) is 348 Å². The number of hydrogen-bond acceptors (Lipinski definition) is 5. The second-order valence-corrected chi connectivity index (χ2v) is 42.7. The predicted octanol–water partition coefficient (Wildman–Crippen LogP) is 29.6. The van der Waals surface area contributed by atoms with Gasteiger partial charge >= 0.3 is 0 Å². The Balaban J connectivity index is 0.000000123. The van der Waals surface area contributed by atoms with Gasteiger partial charge < -0.3 is 37.3 Å². The molecule has 12 heterocycles. The van der Waals surface area contributed by atoms with Crippen LogP contribution in [0.3, 0.4) is 0 Å². The van der Waals surface area contributed by atoms with Gasteiger partial charge in [-0.15, -0.1) is 0 Å². The molecule has 2 fully saturated rings. The lowest BCUT2D eigenvalue weighted by Gasteiger charge is -2.50. The third-order valence-electron chi connectivity index (χ3n) is 39.0. The molecular weight excluding hydrogens is 1520 g/mol. The summed E-state index contributed by atoms with van der Waals surface area (Å²) in [5.41, 5.74) is 58.0. The van der Waals surface area contributed by atoms with Crippen LogP contribution in [0, 0.1) is 196 Å². The number of ether oxygens (including phenoxy) is 2. The van der Waals surface area contributed by atoms with Gasteiger partial charge in [0.15, 0.2) is 0 Å². The van der Waals surface area contributed by atoms with Crippen LogP contribution in [0.2, 0.25) is 0 Å². The number of rotatable bonds is 1. The first-order valence-electron chi connectivity index (χ1n) is 47.4. The normalized spacial score (nSPS) is 26.5. The van der Waals surface area contributed by atoms with Gasteiger partial charge in [-0.05, 0) is 435 Å². The van der Waals surface area contributed by atoms with Crippen LogP contribution >= 0.6 is 0 Å². The van der Waals surface area contributed by atoms with Gasteiger partial charge in [0.1, 0.15) is 17.2 Å². The van der Waals surface area contributed by atoms with Crippen molar-refractivity contribution < 1.29 is 9.47 Å². The Hall–Kier alpha value is -8.42. The number of fused-ring (bicyclic) bond motifs is 33. The number of H-pyrrole nitrogens is 1. The molecule has 11 nitrogen and oxygen atoms in total. The van der Waals surface area contributed by atoms with Gasteiger partial charge in [0, 0.05) is 133 Å². The minimum Gasteiger partial charge on any atom is -0.353 e. The van der Waals surface area contributed by atoms with E-state index in [1.807, 2.05) is 0 Å². The van der Waals surface area contributed by atoms with Gasteiger partial charge in [-0.3, -0.25) is 14.7 Å². The third-order valence-corrected chi connectivity index (χ3v) is 39.0. The van der Waals surface area contributed by atoms with E-state index in [4.69, 9.17) is 9.47 Å². The van der Waals surface area contributed by atoms with Crippen LogP contribution in [0.15, 0.2) is 0 Å². The van der Waals surface area contributed by atoms with E-state index in [9.17, 15) is 0 Å². The average Bonchev–Trinajstić information content (AvgIpc) is 1.47. The SMILES string of the molecule is Cc1c(C)c(C)c2c([nH]c3c2c2c(c4c5c(C)c(C)c(C)c(C)c5n(C5(C)OC(C)C(C)C(C)C5C)c34)C(C)N(C)C2C)c1C.Cc1c(C)c(C)c2c(c1C)c1c3c(c4c5c(C)c(C)c(C)c(C)c5n(C)c4c1n2C)C(C)N(C)C3C.Cc1c(C)c(C)c2c(c1C)c1c3c(c4c5c(C)c(C)c(C)c(C)c5n5c4c1n2C1(C)OC5(C)C(C)C1C)C(C)N(C)C3C. The fourth-order valence-corrected chi connectivity index (χ4v) is 27.8. The lowest BCUT2D eigenvalue weighted by Crippen LogP contribution is -2.52. The second kappa shape index (κ2) is 26.9. The number of nitrogens with zero attached hydrogens (tertiary/aromatic N) is 8. The van der Waals surface area contributed by atoms with Crippen molar-refractivity contribution in [2.45, 2.75) is 330 Å². The van der Waals surface area contributed by atoms with E-state index >= 15 is 0 Å². The molecule has 124 heavy (non-hydrogen) atoms. The highest BCUT2D eigenvalue weighted by molar-refractivity contribution is 6.31. The molecular formula is C113H145N9O2. The van der Waals surface area contributed by atoms with Gasteiger partial charge in [-0.1, -0.05) is 34.6 Å². The predicted molar refractivity (Wildman–Crippen MR) is 532 cm³/mol. The molecule has 9 aromatic carbocycles. The van der Waals surface area contributed by atoms with Crippen LogP contribution in [0.25, 0.3) is 131 Å². The highest BCUT2D eigenvalue weighted by atomic mass is 16.6. The average molecular weight is 1660 g/mol. The molecule has 11 heteroatoms. The Morgan fingerprint density at radius 3 is 0.774 bits per heavy atom. The summed E-state index contributed by atoms with van der Waals surface area (Å²) in [6, 6.07) is 2.00. The molecule has 0 radical (unpaired) electrons. The van der Waals surface area contributed by atoms with E-state index in [1.54, 1.807) is 11.1 Å². The molecule has 21 rings (SSSR count). The van der Waals surface area contributed by atoms with Crippen molar-refractivity contribution in [1.82, 2.24) is 42.5 Å². The monoisotopic (exact) mass is 1660 g/mol. The molecule has 15 atom stereocenters. The quantitative estimate of drug-likeness (QED) is 0.177. The second-order valence-electron chi connectivity index (χ2n) is 42.7. The summed E-state index contributed by atoms with van der Waals surface area (Å²) in [5.74, 6) is 1.98. The molecule has 6 aliphatic rings. The van der Waals surface area contributed by atoms with Gasteiger partial charge in [0.05, 0.1) is 72.3 Å². The highest BCUT2D eigenvalue weighted by Crippen LogP contribution is 2.66. The van der Waals surface area contributed by atoms with E-state index in [0.717, 1.165) is 0 Å². The van der Waals surface area contributed by atoms with Crippen molar-refractivity contribution in [3.8, 4) is 0 Å². The third kappa shape index (κ3) is 9.63. The van der Waals surface area contributed by atoms with E-state index < -0.39 is 17.2 Å². The van der Waals surface area contributed by atoms with Gasteiger partial charge in [-0.2, -0.15) is 0 Å². The molecule has 15 aromatic rings. The summed E-state index contributed by atoms with van der Waals surface area (Å²) in [5, 5.41) is 17.4. The first kappa shape index (κ1) is 85.0. The Morgan fingerprint density at radius 1 is 0.218 bits per heavy atom. The minimum absolute atomic E-state index is 0.161. The molecule has 6 aliphatic heterocycles. The van der Waals surface area contributed by atoms with Gasteiger partial charge in [0.2, 0.25) is 0 Å². The Morgan fingerprint density at radius 2 is 0.460 bits per heavy atom. The lowest BCUT2D eigenvalue weighted by atomic mass is 9.74. The number of nitrogens with one attached hydrogen (secondary N) is 1.